The van der Waals surface area contributed by atoms with Crippen LogP contribution in [0.3, 0.4) is 0 Å². The number of hydrogen-bond acceptors (Lipinski definition) is 5. The SMILES string of the molecule is CCOc1cc(C(=O)[O-])cc(Cl)c1OCC[NH+]1CCOCC1. The number of nitrogens with one attached hydrogen (secondary N) is 1. The second-order valence-electron chi connectivity index (χ2n) is 4.97. The molecule has 1 aromatic carbocycles. The summed E-state index contributed by atoms with van der Waals surface area (Å²) in [5, 5.41) is 11.2. The van der Waals surface area contributed by atoms with Gasteiger partial charge in [0.05, 0.1) is 30.8 Å². The molecule has 1 aliphatic rings. The zero-order valence-corrected chi connectivity index (χ0v) is 13.3. The third-order valence-corrected chi connectivity index (χ3v) is 3.73. The Balaban J connectivity index is 2.03. The lowest BCUT2D eigenvalue weighted by molar-refractivity contribution is -0.908. The normalized spacial score (nSPS) is 15.5. The predicted octanol–water partition coefficient (Wildman–Crippen LogP) is -0.604. The van der Waals surface area contributed by atoms with Crippen molar-refractivity contribution >= 4 is 17.6 Å². The van der Waals surface area contributed by atoms with E-state index in [4.69, 9.17) is 25.8 Å². The van der Waals surface area contributed by atoms with Gasteiger partial charge in [0.15, 0.2) is 11.5 Å². The summed E-state index contributed by atoms with van der Waals surface area (Å²) in [5.41, 5.74) is -0.0281. The van der Waals surface area contributed by atoms with Crippen molar-refractivity contribution in [3.63, 3.8) is 0 Å². The van der Waals surface area contributed by atoms with Gasteiger partial charge in [-0.15, -0.1) is 0 Å². The first-order valence-electron chi connectivity index (χ1n) is 7.33. The van der Waals surface area contributed by atoms with E-state index in [1.807, 2.05) is 0 Å². The fourth-order valence-corrected chi connectivity index (χ4v) is 2.56. The number of quaternary nitrogens is 1. The van der Waals surface area contributed by atoms with Crippen molar-refractivity contribution in [2.75, 3.05) is 46.1 Å². The largest absolute Gasteiger partial charge is 0.545 e. The molecule has 0 unspecified atom stereocenters. The summed E-state index contributed by atoms with van der Waals surface area (Å²) >= 11 is 6.11. The van der Waals surface area contributed by atoms with Gasteiger partial charge in [-0.2, -0.15) is 0 Å². The van der Waals surface area contributed by atoms with Crippen LogP contribution in [0.5, 0.6) is 11.5 Å². The Kier molecular flexibility index (Phi) is 6.30. The van der Waals surface area contributed by atoms with Crippen LogP contribution in [0.25, 0.3) is 0 Å². The summed E-state index contributed by atoms with van der Waals surface area (Å²) in [6.45, 7) is 6.94. The zero-order valence-electron chi connectivity index (χ0n) is 12.5. The van der Waals surface area contributed by atoms with Crippen molar-refractivity contribution < 1.29 is 29.0 Å². The van der Waals surface area contributed by atoms with Crippen molar-refractivity contribution in [3.05, 3.63) is 22.7 Å². The number of benzene rings is 1. The molecule has 1 fully saturated rings. The molecule has 6 nitrogen and oxygen atoms in total. The molecule has 1 aliphatic heterocycles. The van der Waals surface area contributed by atoms with Crippen molar-refractivity contribution in [2.24, 2.45) is 0 Å². The molecule has 0 atom stereocenters. The van der Waals surface area contributed by atoms with Gasteiger partial charge in [0.1, 0.15) is 26.2 Å². The standard InChI is InChI=1S/C15H20ClNO5/c1-2-21-13-10-11(15(18)19)9-12(16)14(13)22-8-5-17-3-6-20-7-4-17/h9-10H,2-8H2,1H3,(H,18,19). The molecule has 22 heavy (non-hydrogen) atoms. The highest BCUT2D eigenvalue weighted by atomic mass is 35.5. The van der Waals surface area contributed by atoms with Crippen LogP contribution in [-0.2, 0) is 4.74 Å². The lowest BCUT2D eigenvalue weighted by atomic mass is 10.2. The summed E-state index contributed by atoms with van der Waals surface area (Å²) in [4.78, 5) is 12.4. The Morgan fingerprint density at radius 3 is 2.73 bits per heavy atom. The number of carboxylic acids is 1. The van der Waals surface area contributed by atoms with Gasteiger partial charge in [-0.1, -0.05) is 11.6 Å². The molecule has 2 rings (SSSR count). The number of ether oxygens (including phenoxy) is 3. The average Bonchev–Trinajstić information content (AvgIpc) is 2.50. The summed E-state index contributed by atoms with van der Waals surface area (Å²) in [7, 11) is 0. The monoisotopic (exact) mass is 329 g/mol. The van der Waals surface area contributed by atoms with E-state index in [1.54, 1.807) is 6.92 Å². The maximum Gasteiger partial charge on any atom is 0.180 e. The molecule has 0 bridgehead atoms. The number of aromatic carboxylic acids is 1. The van der Waals surface area contributed by atoms with E-state index in [0.29, 0.717) is 24.7 Å². The molecule has 7 heteroatoms. The molecule has 1 N–H and O–H groups in total. The molecule has 0 aromatic heterocycles. The minimum atomic E-state index is -1.30. The van der Waals surface area contributed by atoms with Crippen LogP contribution in [0.2, 0.25) is 5.02 Å². The summed E-state index contributed by atoms with van der Waals surface area (Å²) in [5.74, 6) is -0.598. The van der Waals surface area contributed by atoms with E-state index in [2.05, 4.69) is 0 Å². The number of carbonyl (C=O) groups is 1. The molecule has 0 saturated carbocycles. The highest BCUT2D eigenvalue weighted by molar-refractivity contribution is 6.32. The molecule has 1 aromatic rings. The molecule has 0 radical (unpaired) electrons. The van der Waals surface area contributed by atoms with Crippen LogP contribution in [0, 0.1) is 0 Å². The summed E-state index contributed by atoms with van der Waals surface area (Å²) in [6.07, 6.45) is 0. The van der Waals surface area contributed by atoms with Crippen molar-refractivity contribution in [3.8, 4) is 11.5 Å². The summed E-state index contributed by atoms with van der Waals surface area (Å²) < 4.78 is 16.5. The van der Waals surface area contributed by atoms with Gasteiger partial charge in [0.2, 0.25) is 0 Å². The molecule has 1 saturated heterocycles. The maximum atomic E-state index is 11.0. The quantitative estimate of drug-likeness (QED) is 0.723. The molecule has 0 amide bonds. The molecule has 1 heterocycles. The molecule has 0 aliphatic carbocycles. The van der Waals surface area contributed by atoms with E-state index in [9.17, 15) is 9.90 Å². The number of hydrogen-bond donors (Lipinski definition) is 1. The smallest absolute Gasteiger partial charge is 0.180 e. The summed E-state index contributed by atoms with van der Waals surface area (Å²) in [6, 6.07) is 2.69. The number of halogens is 1. The van der Waals surface area contributed by atoms with Crippen LogP contribution in [0.15, 0.2) is 12.1 Å². The van der Waals surface area contributed by atoms with Gasteiger partial charge in [0, 0.05) is 5.56 Å². The zero-order chi connectivity index (χ0) is 15.9. The van der Waals surface area contributed by atoms with Gasteiger partial charge in [-0.25, -0.2) is 0 Å². The van der Waals surface area contributed by atoms with Gasteiger partial charge >= 0.3 is 0 Å². The van der Waals surface area contributed by atoms with Crippen LogP contribution < -0.4 is 19.5 Å². The van der Waals surface area contributed by atoms with Crippen LogP contribution in [-0.4, -0.2) is 52.0 Å². The lowest BCUT2D eigenvalue weighted by Gasteiger charge is -2.24. The average molecular weight is 330 g/mol. The topological polar surface area (TPSA) is 72.3 Å². The molecular weight excluding hydrogens is 310 g/mol. The van der Waals surface area contributed by atoms with E-state index < -0.39 is 5.97 Å². The van der Waals surface area contributed by atoms with Crippen LogP contribution in [0.1, 0.15) is 17.3 Å². The van der Waals surface area contributed by atoms with Crippen LogP contribution in [0.4, 0.5) is 0 Å². The molecule has 122 valence electrons. The number of carbonyl (C=O) groups excluding carboxylic acids is 1. The number of morpholine rings is 1. The van der Waals surface area contributed by atoms with E-state index in [-0.39, 0.29) is 10.6 Å². The third-order valence-electron chi connectivity index (χ3n) is 3.45. The fourth-order valence-electron chi connectivity index (χ4n) is 2.30. The van der Waals surface area contributed by atoms with E-state index in [1.165, 1.54) is 17.0 Å². The minimum Gasteiger partial charge on any atom is -0.545 e. The Bertz CT molecular complexity index is 517. The number of carboxylic acid groups (broad SMARTS) is 1. The van der Waals surface area contributed by atoms with Gasteiger partial charge < -0.3 is 29.0 Å². The Morgan fingerprint density at radius 1 is 1.36 bits per heavy atom. The highest BCUT2D eigenvalue weighted by Gasteiger charge is 2.16. The Labute approximate surface area is 134 Å². The van der Waals surface area contributed by atoms with Crippen molar-refractivity contribution in [1.82, 2.24) is 0 Å². The lowest BCUT2D eigenvalue weighted by Crippen LogP contribution is -3.14. The first kappa shape index (κ1) is 16.9. The van der Waals surface area contributed by atoms with Crippen molar-refractivity contribution in [2.45, 2.75) is 6.92 Å². The predicted molar refractivity (Wildman–Crippen MR) is 78.8 cm³/mol. The Hall–Kier alpha value is -1.50. The highest BCUT2D eigenvalue weighted by Crippen LogP contribution is 2.36. The number of rotatable bonds is 7. The van der Waals surface area contributed by atoms with Crippen LogP contribution >= 0.6 is 11.6 Å². The minimum absolute atomic E-state index is 0.0281. The van der Waals surface area contributed by atoms with E-state index >= 15 is 0 Å². The fraction of sp³-hybridized carbons (Fsp3) is 0.533. The second-order valence-corrected chi connectivity index (χ2v) is 5.37. The van der Waals surface area contributed by atoms with E-state index in [0.717, 1.165) is 32.8 Å². The maximum absolute atomic E-state index is 11.0. The van der Waals surface area contributed by atoms with Gasteiger partial charge in [-0.05, 0) is 19.1 Å². The second kappa shape index (κ2) is 8.22. The Morgan fingerprint density at radius 2 is 2.09 bits per heavy atom. The van der Waals surface area contributed by atoms with Crippen molar-refractivity contribution in [1.29, 1.82) is 0 Å². The first-order chi connectivity index (χ1) is 10.6. The van der Waals surface area contributed by atoms with Gasteiger partial charge in [0.25, 0.3) is 0 Å². The van der Waals surface area contributed by atoms with Gasteiger partial charge in [-0.3, -0.25) is 0 Å². The third kappa shape index (κ3) is 4.50. The molecular formula is C15H20ClNO5. The first-order valence-corrected chi connectivity index (χ1v) is 7.71. The molecule has 0 spiro atoms.